The molecule has 2 saturated carbocycles. The van der Waals surface area contributed by atoms with Gasteiger partial charge >= 0.3 is 6.09 Å². The molecule has 2 heterocycles. The van der Waals surface area contributed by atoms with Crippen molar-refractivity contribution in [3.05, 3.63) is 0 Å². The van der Waals surface area contributed by atoms with Gasteiger partial charge < -0.3 is 19.3 Å². The summed E-state index contributed by atoms with van der Waals surface area (Å²) >= 11 is 0. The van der Waals surface area contributed by atoms with Crippen molar-refractivity contribution < 1.29 is 19.1 Å². The number of amides is 2. The quantitative estimate of drug-likeness (QED) is 0.772. The van der Waals surface area contributed by atoms with Gasteiger partial charge in [0.2, 0.25) is 0 Å². The van der Waals surface area contributed by atoms with E-state index < -0.39 is 5.60 Å². The van der Waals surface area contributed by atoms with E-state index in [1.54, 1.807) is 11.8 Å². The van der Waals surface area contributed by atoms with E-state index >= 15 is 0 Å². The van der Waals surface area contributed by atoms with Crippen LogP contribution in [0.3, 0.4) is 0 Å². The number of rotatable bonds is 2. The highest BCUT2D eigenvalue weighted by atomic mass is 16.6. The summed E-state index contributed by atoms with van der Waals surface area (Å²) in [6, 6.07) is 0. The molecular weight excluding hydrogens is 308 g/mol. The molecule has 2 aliphatic heterocycles. The van der Waals surface area contributed by atoms with Crippen LogP contribution in [0.4, 0.5) is 4.79 Å². The van der Waals surface area contributed by atoms with Crippen molar-refractivity contribution in [1.82, 2.24) is 9.80 Å². The van der Waals surface area contributed by atoms with E-state index in [1.165, 1.54) is 6.42 Å². The highest BCUT2D eigenvalue weighted by Gasteiger charge is 2.78. The van der Waals surface area contributed by atoms with Crippen molar-refractivity contribution in [2.45, 2.75) is 45.6 Å². The molecule has 6 heteroatoms. The lowest BCUT2D eigenvalue weighted by molar-refractivity contribution is -0.168. The van der Waals surface area contributed by atoms with Gasteiger partial charge in [0.15, 0.2) is 5.60 Å². The molecule has 4 aliphatic rings. The Morgan fingerprint density at radius 2 is 1.83 bits per heavy atom. The first-order valence-electron chi connectivity index (χ1n) is 9.23. The van der Waals surface area contributed by atoms with E-state index in [0.717, 1.165) is 12.8 Å². The Balaban J connectivity index is 1.48. The van der Waals surface area contributed by atoms with Gasteiger partial charge in [-0.2, -0.15) is 0 Å². The van der Waals surface area contributed by atoms with Crippen LogP contribution in [0.15, 0.2) is 0 Å². The maximum atomic E-state index is 13.4. The van der Waals surface area contributed by atoms with Crippen molar-refractivity contribution in [2.24, 2.45) is 16.7 Å². The van der Waals surface area contributed by atoms with Crippen molar-refractivity contribution in [1.29, 1.82) is 0 Å². The Morgan fingerprint density at radius 1 is 1.17 bits per heavy atom. The number of ether oxygens (including phenoxy) is 2. The molecule has 134 valence electrons. The summed E-state index contributed by atoms with van der Waals surface area (Å²) in [4.78, 5) is 28.8. The van der Waals surface area contributed by atoms with Crippen LogP contribution in [0, 0.1) is 16.7 Å². The largest absolute Gasteiger partial charge is 0.450 e. The lowest BCUT2D eigenvalue weighted by Crippen LogP contribution is -2.60. The lowest BCUT2D eigenvalue weighted by Gasteiger charge is -2.44. The second-order valence-electron chi connectivity index (χ2n) is 8.28. The predicted octanol–water partition coefficient (Wildman–Crippen LogP) is 1.88. The molecule has 2 aliphatic carbocycles. The summed E-state index contributed by atoms with van der Waals surface area (Å²) in [7, 11) is 0. The van der Waals surface area contributed by atoms with Gasteiger partial charge in [0.25, 0.3) is 5.91 Å². The lowest BCUT2D eigenvalue weighted by atomic mass is 9.66. The van der Waals surface area contributed by atoms with E-state index in [2.05, 4.69) is 13.8 Å². The van der Waals surface area contributed by atoms with Gasteiger partial charge in [-0.3, -0.25) is 4.79 Å². The maximum absolute atomic E-state index is 13.4. The second-order valence-corrected chi connectivity index (χ2v) is 8.28. The average Bonchev–Trinajstić information content (AvgIpc) is 3.06. The maximum Gasteiger partial charge on any atom is 0.409 e. The minimum atomic E-state index is -0.628. The van der Waals surface area contributed by atoms with Gasteiger partial charge in [0.05, 0.1) is 13.2 Å². The highest BCUT2D eigenvalue weighted by molar-refractivity contribution is 5.88. The van der Waals surface area contributed by atoms with Crippen LogP contribution in [-0.2, 0) is 14.3 Å². The minimum Gasteiger partial charge on any atom is -0.450 e. The van der Waals surface area contributed by atoms with Gasteiger partial charge in [-0.1, -0.05) is 13.8 Å². The van der Waals surface area contributed by atoms with Gasteiger partial charge in [0, 0.05) is 37.0 Å². The molecule has 0 radical (unpaired) electrons. The first kappa shape index (κ1) is 16.2. The zero-order valence-electron chi connectivity index (χ0n) is 15.0. The molecule has 2 saturated heterocycles. The van der Waals surface area contributed by atoms with Crippen molar-refractivity contribution >= 4 is 12.0 Å². The number of hydrogen-bond acceptors (Lipinski definition) is 4. The fraction of sp³-hybridized carbons (Fsp3) is 0.889. The normalized spacial score (nSPS) is 43.4. The fourth-order valence-electron chi connectivity index (χ4n) is 5.80. The zero-order chi connectivity index (χ0) is 17.2. The Labute approximate surface area is 143 Å². The first-order chi connectivity index (χ1) is 11.4. The Bertz CT molecular complexity index is 573. The van der Waals surface area contributed by atoms with Crippen LogP contribution in [0.25, 0.3) is 0 Å². The van der Waals surface area contributed by atoms with Gasteiger partial charge in [-0.25, -0.2) is 4.79 Å². The molecule has 24 heavy (non-hydrogen) atoms. The molecule has 0 aromatic rings. The Kier molecular flexibility index (Phi) is 3.44. The van der Waals surface area contributed by atoms with E-state index in [9.17, 15) is 9.59 Å². The summed E-state index contributed by atoms with van der Waals surface area (Å²) in [5.41, 5.74) is -0.522. The van der Waals surface area contributed by atoms with Crippen LogP contribution < -0.4 is 0 Å². The van der Waals surface area contributed by atoms with E-state index in [-0.39, 0.29) is 22.8 Å². The molecule has 0 N–H and O–H groups in total. The molecule has 4 fully saturated rings. The molecule has 0 aromatic heterocycles. The molecule has 0 spiro atoms. The summed E-state index contributed by atoms with van der Waals surface area (Å²) in [6.45, 7) is 9.69. The monoisotopic (exact) mass is 336 g/mol. The summed E-state index contributed by atoms with van der Waals surface area (Å²) < 4.78 is 11.3. The second kappa shape index (κ2) is 5.10. The third-order valence-corrected chi connectivity index (χ3v) is 7.64. The van der Waals surface area contributed by atoms with Gasteiger partial charge in [-0.15, -0.1) is 0 Å². The molecule has 4 rings (SSSR count). The van der Waals surface area contributed by atoms with Crippen LogP contribution in [-0.4, -0.2) is 66.8 Å². The van der Waals surface area contributed by atoms with Gasteiger partial charge in [0.1, 0.15) is 0 Å². The standard InChI is InChI=1S/C18H28N2O4/c1-4-23-15(22)20-9-7-19(8-10-20)14(21)18-11-13-5-6-17(18,3)16(13,2)12-24-18/h13H,4-12H2,1-3H3. The number of piperazine rings is 1. The van der Waals surface area contributed by atoms with Gasteiger partial charge in [-0.05, 0) is 32.1 Å². The third kappa shape index (κ3) is 1.75. The number of hydrogen-bond donors (Lipinski definition) is 0. The van der Waals surface area contributed by atoms with Crippen LogP contribution in [0.5, 0.6) is 0 Å². The number of nitrogens with zero attached hydrogens (tertiary/aromatic N) is 2. The molecule has 4 bridgehead atoms. The van der Waals surface area contributed by atoms with E-state index in [0.29, 0.717) is 45.3 Å². The summed E-state index contributed by atoms with van der Waals surface area (Å²) in [5.74, 6) is 0.764. The zero-order valence-corrected chi connectivity index (χ0v) is 15.0. The van der Waals surface area contributed by atoms with Crippen molar-refractivity contribution in [3.8, 4) is 0 Å². The highest BCUT2D eigenvalue weighted by Crippen LogP contribution is 2.75. The fourth-order valence-corrected chi connectivity index (χ4v) is 5.80. The molecule has 4 atom stereocenters. The predicted molar refractivity (Wildman–Crippen MR) is 87.4 cm³/mol. The van der Waals surface area contributed by atoms with E-state index in [4.69, 9.17) is 9.47 Å². The van der Waals surface area contributed by atoms with Crippen molar-refractivity contribution in [3.63, 3.8) is 0 Å². The third-order valence-electron chi connectivity index (χ3n) is 7.64. The smallest absolute Gasteiger partial charge is 0.409 e. The molecule has 0 aromatic carbocycles. The van der Waals surface area contributed by atoms with Crippen molar-refractivity contribution in [2.75, 3.05) is 39.4 Å². The summed E-state index contributed by atoms with van der Waals surface area (Å²) in [6.07, 6.45) is 2.90. The average molecular weight is 336 g/mol. The Morgan fingerprint density at radius 3 is 2.42 bits per heavy atom. The number of carbonyl (C=O) groups is 2. The topological polar surface area (TPSA) is 59.1 Å². The summed E-state index contributed by atoms with van der Waals surface area (Å²) in [5, 5.41) is 0. The molecule has 2 amide bonds. The SMILES string of the molecule is CCOC(=O)N1CCN(C(=O)C23CC4CCC2(C)C4(C)CO3)CC1. The first-order valence-corrected chi connectivity index (χ1v) is 9.23. The van der Waals surface area contributed by atoms with Crippen LogP contribution in [0.1, 0.15) is 40.0 Å². The molecule has 6 nitrogen and oxygen atoms in total. The van der Waals surface area contributed by atoms with Crippen LogP contribution in [0.2, 0.25) is 0 Å². The minimum absolute atomic E-state index is 0.0416. The van der Waals surface area contributed by atoms with Crippen LogP contribution >= 0.6 is 0 Å². The Hall–Kier alpha value is -1.30. The molecular formula is C18H28N2O4. The molecule has 4 unspecified atom stereocenters. The number of carbonyl (C=O) groups excluding carboxylic acids is 2. The van der Waals surface area contributed by atoms with E-state index in [1.807, 2.05) is 4.90 Å².